The Morgan fingerprint density at radius 2 is 1.79 bits per heavy atom. The van der Waals surface area contributed by atoms with Crippen molar-refractivity contribution in [3.63, 3.8) is 0 Å². The summed E-state index contributed by atoms with van der Waals surface area (Å²) in [5.41, 5.74) is 2.60. The molecule has 0 unspecified atom stereocenters. The maximum atomic E-state index is 12.5. The van der Waals surface area contributed by atoms with Gasteiger partial charge in [-0.2, -0.15) is 0 Å². The fraction of sp³-hybridized carbons (Fsp3) is 0.227. The third-order valence-corrected chi connectivity index (χ3v) is 4.22. The Morgan fingerprint density at radius 3 is 2.57 bits per heavy atom. The van der Waals surface area contributed by atoms with Crippen LogP contribution in [0.25, 0.3) is 0 Å². The summed E-state index contributed by atoms with van der Waals surface area (Å²) < 4.78 is 5.22. The third-order valence-electron chi connectivity index (χ3n) is 4.22. The summed E-state index contributed by atoms with van der Waals surface area (Å²) in [7, 11) is 1.64. The third kappa shape index (κ3) is 5.54. The lowest BCUT2D eigenvalue weighted by atomic mass is 10.1. The maximum absolute atomic E-state index is 12.5. The number of methoxy groups -OCH3 is 1. The molecule has 0 aliphatic carbocycles. The first-order valence-electron chi connectivity index (χ1n) is 9.18. The first kappa shape index (κ1) is 19.4. The molecule has 2 N–H and O–H groups in total. The number of aromatic nitrogens is 2. The second-order valence-corrected chi connectivity index (χ2v) is 6.38. The minimum absolute atomic E-state index is 0.212. The second kappa shape index (κ2) is 9.50. The quantitative estimate of drug-likeness (QED) is 0.630. The van der Waals surface area contributed by atoms with Gasteiger partial charge in [0, 0.05) is 19.2 Å². The number of nitrogens with zero attached hydrogens (tertiary/aromatic N) is 2. The largest absolute Gasteiger partial charge is 0.497 e. The molecule has 0 bridgehead atoms. The summed E-state index contributed by atoms with van der Waals surface area (Å²) in [6, 6.07) is 19.5. The minimum atomic E-state index is -0.212. The number of benzene rings is 2. The van der Waals surface area contributed by atoms with Gasteiger partial charge in [0.2, 0.25) is 0 Å². The molecule has 0 radical (unpaired) electrons. The second-order valence-electron chi connectivity index (χ2n) is 6.38. The standard InChI is InChI=1S/C22H24N4O2/c1-16-25-20(14-21(26-16)24-15-18-7-4-3-5-8-18)22(27)23-12-11-17-9-6-10-19(13-17)28-2/h3-10,13-14H,11-12,15H2,1-2H3,(H,23,27)(H,24,25,26). The van der Waals surface area contributed by atoms with Crippen LogP contribution >= 0.6 is 0 Å². The molecule has 0 spiro atoms. The highest BCUT2D eigenvalue weighted by molar-refractivity contribution is 5.92. The molecule has 144 valence electrons. The number of nitrogens with one attached hydrogen (secondary N) is 2. The van der Waals surface area contributed by atoms with Crippen molar-refractivity contribution in [1.29, 1.82) is 0 Å². The highest BCUT2D eigenvalue weighted by Gasteiger charge is 2.10. The molecule has 3 rings (SSSR count). The number of hydrogen-bond acceptors (Lipinski definition) is 5. The number of ether oxygens (including phenoxy) is 1. The zero-order valence-corrected chi connectivity index (χ0v) is 16.1. The van der Waals surface area contributed by atoms with Crippen LogP contribution in [0.1, 0.15) is 27.4 Å². The molecule has 0 atom stereocenters. The molecule has 0 saturated carbocycles. The van der Waals surface area contributed by atoms with Crippen molar-refractivity contribution in [3.8, 4) is 5.75 Å². The monoisotopic (exact) mass is 376 g/mol. The zero-order chi connectivity index (χ0) is 19.8. The number of aryl methyl sites for hydroxylation is 1. The van der Waals surface area contributed by atoms with Gasteiger partial charge < -0.3 is 15.4 Å². The molecule has 0 aliphatic rings. The van der Waals surface area contributed by atoms with Crippen molar-refractivity contribution in [2.75, 3.05) is 19.0 Å². The van der Waals surface area contributed by atoms with Crippen LogP contribution in [0.15, 0.2) is 60.7 Å². The van der Waals surface area contributed by atoms with Gasteiger partial charge in [-0.05, 0) is 36.6 Å². The highest BCUT2D eigenvalue weighted by atomic mass is 16.5. The molecule has 0 aliphatic heterocycles. The molecule has 1 heterocycles. The number of carbonyl (C=O) groups is 1. The van der Waals surface area contributed by atoms with E-state index in [1.54, 1.807) is 20.1 Å². The van der Waals surface area contributed by atoms with E-state index in [-0.39, 0.29) is 5.91 Å². The lowest BCUT2D eigenvalue weighted by Crippen LogP contribution is -2.27. The van der Waals surface area contributed by atoms with E-state index in [1.807, 2.05) is 54.6 Å². The average molecular weight is 376 g/mol. The molecule has 1 aromatic heterocycles. The van der Waals surface area contributed by atoms with Crippen molar-refractivity contribution in [1.82, 2.24) is 15.3 Å². The number of rotatable bonds is 8. The summed E-state index contributed by atoms with van der Waals surface area (Å²) in [6.07, 6.45) is 0.714. The first-order valence-corrected chi connectivity index (χ1v) is 9.18. The van der Waals surface area contributed by atoms with E-state index in [4.69, 9.17) is 4.74 Å². The molecule has 0 saturated heterocycles. The van der Waals surface area contributed by atoms with E-state index in [0.29, 0.717) is 36.8 Å². The van der Waals surface area contributed by atoms with Crippen molar-refractivity contribution in [2.45, 2.75) is 19.9 Å². The van der Waals surface area contributed by atoms with Gasteiger partial charge in [0.1, 0.15) is 23.1 Å². The molecule has 6 heteroatoms. The molecule has 1 amide bonds. The fourth-order valence-corrected chi connectivity index (χ4v) is 2.80. The van der Waals surface area contributed by atoms with Crippen molar-refractivity contribution < 1.29 is 9.53 Å². The molecule has 0 fully saturated rings. The predicted molar refractivity (Wildman–Crippen MR) is 110 cm³/mol. The normalized spacial score (nSPS) is 10.4. The summed E-state index contributed by atoms with van der Waals surface area (Å²) in [4.78, 5) is 21.1. The summed E-state index contributed by atoms with van der Waals surface area (Å²) in [5, 5.41) is 6.16. The molecular formula is C22H24N4O2. The SMILES string of the molecule is COc1cccc(CCNC(=O)c2cc(NCc3ccccc3)nc(C)n2)c1. The van der Waals surface area contributed by atoms with Gasteiger partial charge in [-0.1, -0.05) is 42.5 Å². The van der Waals surface area contributed by atoms with E-state index in [1.165, 1.54) is 0 Å². The zero-order valence-electron chi connectivity index (χ0n) is 16.1. The van der Waals surface area contributed by atoms with Crippen LogP contribution in [0, 0.1) is 6.92 Å². The van der Waals surface area contributed by atoms with Gasteiger partial charge in [-0.3, -0.25) is 4.79 Å². The molecule has 28 heavy (non-hydrogen) atoms. The summed E-state index contributed by atoms with van der Waals surface area (Å²) in [6.45, 7) is 2.93. The summed E-state index contributed by atoms with van der Waals surface area (Å²) in [5.74, 6) is 1.78. The lowest BCUT2D eigenvalue weighted by Gasteiger charge is -2.10. The summed E-state index contributed by atoms with van der Waals surface area (Å²) >= 11 is 0. The van der Waals surface area contributed by atoms with E-state index in [0.717, 1.165) is 16.9 Å². The Hall–Kier alpha value is -3.41. The van der Waals surface area contributed by atoms with Crippen LogP contribution in [-0.2, 0) is 13.0 Å². The highest BCUT2D eigenvalue weighted by Crippen LogP contribution is 2.13. The Labute approximate surface area is 165 Å². The Morgan fingerprint density at radius 1 is 1.00 bits per heavy atom. The Bertz CT molecular complexity index is 929. The van der Waals surface area contributed by atoms with E-state index >= 15 is 0 Å². The molecule has 2 aromatic carbocycles. The van der Waals surface area contributed by atoms with Gasteiger partial charge in [0.15, 0.2) is 0 Å². The fourth-order valence-electron chi connectivity index (χ4n) is 2.80. The minimum Gasteiger partial charge on any atom is -0.497 e. The van der Waals surface area contributed by atoms with E-state index < -0.39 is 0 Å². The Kier molecular flexibility index (Phi) is 6.57. The predicted octanol–water partition coefficient (Wildman–Crippen LogP) is 3.38. The van der Waals surface area contributed by atoms with Crippen molar-refractivity contribution in [2.24, 2.45) is 0 Å². The van der Waals surface area contributed by atoms with Crippen LogP contribution in [0.3, 0.4) is 0 Å². The van der Waals surface area contributed by atoms with Gasteiger partial charge in [0.05, 0.1) is 7.11 Å². The van der Waals surface area contributed by atoms with Gasteiger partial charge >= 0.3 is 0 Å². The molecular weight excluding hydrogens is 352 g/mol. The van der Waals surface area contributed by atoms with Crippen molar-refractivity contribution >= 4 is 11.7 Å². The van der Waals surface area contributed by atoms with Gasteiger partial charge in [-0.15, -0.1) is 0 Å². The van der Waals surface area contributed by atoms with Gasteiger partial charge in [0.25, 0.3) is 5.91 Å². The van der Waals surface area contributed by atoms with Crippen LogP contribution in [0.2, 0.25) is 0 Å². The van der Waals surface area contributed by atoms with Crippen LogP contribution in [0.4, 0.5) is 5.82 Å². The van der Waals surface area contributed by atoms with Crippen LogP contribution in [0.5, 0.6) is 5.75 Å². The van der Waals surface area contributed by atoms with E-state index in [2.05, 4.69) is 20.6 Å². The van der Waals surface area contributed by atoms with Crippen molar-refractivity contribution in [3.05, 3.63) is 83.3 Å². The van der Waals surface area contributed by atoms with Crippen LogP contribution in [-0.4, -0.2) is 29.5 Å². The van der Waals surface area contributed by atoms with Gasteiger partial charge in [-0.25, -0.2) is 9.97 Å². The van der Waals surface area contributed by atoms with E-state index in [9.17, 15) is 4.79 Å². The lowest BCUT2D eigenvalue weighted by molar-refractivity contribution is 0.0949. The first-order chi connectivity index (χ1) is 13.6. The Balaban J connectivity index is 1.57. The number of carbonyl (C=O) groups excluding carboxylic acids is 1. The molecule has 6 nitrogen and oxygen atoms in total. The smallest absolute Gasteiger partial charge is 0.270 e. The maximum Gasteiger partial charge on any atom is 0.270 e. The number of anilines is 1. The number of hydrogen-bond donors (Lipinski definition) is 2. The molecule has 3 aromatic rings. The number of amides is 1. The van der Waals surface area contributed by atoms with Crippen LogP contribution < -0.4 is 15.4 Å². The topological polar surface area (TPSA) is 76.1 Å². The average Bonchev–Trinajstić information content (AvgIpc) is 2.72.